The number of halogens is 5. The van der Waals surface area contributed by atoms with Gasteiger partial charge in [-0.05, 0) is 42.5 Å². The zero-order valence-electron chi connectivity index (χ0n) is 16.2. The van der Waals surface area contributed by atoms with Crippen molar-refractivity contribution in [3.63, 3.8) is 0 Å². The minimum atomic E-state index is -3.31. The SMILES string of the molecule is Fc1cc(C(F)[P+](c2ccccc2)(c2ccccc2)c2ccccc2)c(F)c(F)c1F. The van der Waals surface area contributed by atoms with Gasteiger partial charge in [-0.1, -0.05) is 54.6 Å². The summed E-state index contributed by atoms with van der Waals surface area (Å²) in [6, 6.07) is 26.4. The maximum absolute atomic E-state index is 16.6. The van der Waals surface area contributed by atoms with Crippen LogP contribution in [0.4, 0.5) is 22.0 Å². The first-order valence-corrected chi connectivity index (χ1v) is 11.4. The Morgan fingerprint density at radius 1 is 0.516 bits per heavy atom. The summed E-state index contributed by atoms with van der Waals surface area (Å²) in [5.41, 5.74) is -0.846. The van der Waals surface area contributed by atoms with Crippen LogP contribution in [-0.2, 0) is 0 Å². The summed E-state index contributed by atoms with van der Waals surface area (Å²) in [4.78, 5) is 0. The van der Waals surface area contributed by atoms with Gasteiger partial charge in [-0.2, -0.15) is 4.39 Å². The molecule has 0 bridgehead atoms. The molecular formula is C25H17F5P+. The molecule has 0 spiro atoms. The average molecular weight is 443 g/mol. The minimum absolute atomic E-state index is 0.419. The van der Waals surface area contributed by atoms with E-state index < -0.39 is 42.0 Å². The van der Waals surface area contributed by atoms with Crippen molar-refractivity contribution in [3.05, 3.63) is 126 Å². The lowest BCUT2D eigenvalue weighted by Crippen LogP contribution is -2.34. The van der Waals surface area contributed by atoms with Crippen molar-refractivity contribution in [2.75, 3.05) is 0 Å². The monoisotopic (exact) mass is 443 g/mol. The lowest BCUT2D eigenvalue weighted by Gasteiger charge is -2.30. The fourth-order valence-corrected chi connectivity index (χ4v) is 8.01. The third kappa shape index (κ3) is 3.53. The molecule has 0 N–H and O–H groups in total. The van der Waals surface area contributed by atoms with E-state index in [0.29, 0.717) is 22.0 Å². The zero-order valence-corrected chi connectivity index (χ0v) is 17.0. The van der Waals surface area contributed by atoms with E-state index in [9.17, 15) is 17.6 Å². The van der Waals surface area contributed by atoms with Gasteiger partial charge >= 0.3 is 0 Å². The molecule has 4 aromatic rings. The predicted molar refractivity (Wildman–Crippen MR) is 115 cm³/mol. The highest BCUT2D eigenvalue weighted by atomic mass is 31.2. The summed E-state index contributed by atoms with van der Waals surface area (Å²) < 4.78 is 73.1. The molecule has 4 aromatic carbocycles. The Kier molecular flexibility index (Phi) is 5.88. The third-order valence-electron chi connectivity index (χ3n) is 5.22. The lowest BCUT2D eigenvalue weighted by atomic mass is 10.2. The molecule has 0 saturated carbocycles. The predicted octanol–water partition coefficient (Wildman–Crippen LogP) is 6.21. The molecule has 0 aliphatic rings. The Hall–Kier alpha value is -3.04. The highest BCUT2D eigenvalue weighted by molar-refractivity contribution is 7.95. The fraction of sp³-hybridized carbons (Fsp3) is 0.0400. The highest BCUT2D eigenvalue weighted by Gasteiger charge is 2.55. The van der Waals surface area contributed by atoms with Crippen LogP contribution in [0.1, 0.15) is 11.5 Å². The van der Waals surface area contributed by atoms with Gasteiger partial charge in [0, 0.05) is 0 Å². The van der Waals surface area contributed by atoms with Crippen molar-refractivity contribution < 1.29 is 22.0 Å². The molecule has 0 amide bonds. The van der Waals surface area contributed by atoms with Gasteiger partial charge in [-0.15, -0.1) is 0 Å². The van der Waals surface area contributed by atoms with Gasteiger partial charge in [-0.25, -0.2) is 17.6 Å². The van der Waals surface area contributed by atoms with Crippen LogP contribution in [0, 0.1) is 23.3 Å². The Labute approximate surface area is 177 Å². The summed E-state index contributed by atoms with van der Waals surface area (Å²) in [5, 5.41) is 1.68. The Balaban J connectivity index is 2.11. The second-order valence-electron chi connectivity index (χ2n) is 6.95. The van der Waals surface area contributed by atoms with E-state index in [2.05, 4.69) is 0 Å². The molecule has 6 heteroatoms. The zero-order chi connectivity index (χ0) is 22.0. The van der Waals surface area contributed by atoms with Crippen LogP contribution in [-0.4, -0.2) is 0 Å². The standard InChI is InChI=1S/C25H17F5P/c26-21-16-20(22(27)24(29)23(21)28)25(30)31(17-10-4-1-5-11-17,18-12-6-2-7-13-18)19-14-8-3-9-15-19/h1-16,25H/q+1. The van der Waals surface area contributed by atoms with Crippen molar-refractivity contribution in [1.29, 1.82) is 0 Å². The van der Waals surface area contributed by atoms with Crippen molar-refractivity contribution in [3.8, 4) is 0 Å². The first-order chi connectivity index (χ1) is 15.0. The van der Waals surface area contributed by atoms with Gasteiger partial charge in [0.2, 0.25) is 5.91 Å². The minimum Gasteiger partial charge on any atom is -0.204 e. The van der Waals surface area contributed by atoms with Crippen LogP contribution in [0.5, 0.6) is 0 Å². The number of hydrogen-bond donors (Lipinski definition) is 0. The molecular weight excluding hydrogens is 426 g/mol. The van der Waals surface area contributed by atoms with E-state index in [0.717, 1.165) is 0 Å². The van der Waals surface area contributed by atoms with Crippen molar-refractivity contribution in [1.82, 2.24) is 0 Å². The van der Waals surface area contributed by atoms with E-state index in [1.54, 1.807) is 91.0 Å². The summed E-state index contributed by atoms with van der Waals surface area (Å²) in [7, 11) is -3.31. The molecule has 0 nitrogen and oxygen atoms in total. The van der Waals surface area contributed by atoms with Crippen LogP contribution < -0.4 is 15.9 Å². The fourth-order valence-electron chi connectivity index (χ4n) is 3.80. The smallest absolute Gasteiger partial charge is 0.204 e. The van der Waals surface area contributed by atoms with Gasteiger partial charge in [0.05, 0.1) is 5.56 Å². The van der Waals surface area contributed by atoms with Crippen molar-refractivity contribution >= 4 is 23.2 Å². The maximum atomic E-state index is 16.6. The molecule has 1 unspecified atom stereocenters. The van der Waals surface area contributed by atoms with Gasteiger partial charge in [0.25, 0.3) is 0 Å². The van der Waals surface area contributed by atoms with Crippen molar-refractivity contribution in [2.45, 2.75) is 5.91 Å². The average Bonchev–Trinajstić information content (AvgIpc) is 2.82. The number of benzene rings is 4. The molecule has 156 valence electrons. The summed E-state index contributed by atoms with van der Waals surface area (Å²) in [6.07, 6.45) is 0. The van der Waals surface area contributed by atoms with Crippen LogP contribution in [0.2, 0.25) is 0 Å². The largest absolute Gasteiger partial charge is 0.247 e. The van der Waals surface area contributed by atoms with Gasteiger partial charge in [-0.3, -0.25) is 0 Å². The molecule has 0 heterocycles. The summed E-state index contributed by atoms with van der Waals surface area (Å²) >= 11 is 0. The molecule has 0 aliphatic carbocycles. The van der Waals surface area contributed by atoms with E-state index >= 15 is 4.39 Å². The molecule has 0 saturated heterocycles. The molecule has 0 aliphatic heterocycles. The third-order valence-corrected chi connectivity index (χ3v) is 9.51. The summed E-state index contributed by atoms with van der Waals surface area (Å²) in [6.45, 7) is 0. The van der Waals surface area contributed by atoms with E-state index in [1.165, 1.54) is 0 Å². The Morgan fingerprint density at radius 3 is 1.29 bits per heavy atom. The molecule has 1 atom stereocenters. The Bertz CT molecular complexity index is 1080. The van der Waals surface area contributed by atoms with Gasteiger partial charge in [0.1, 0.15) is 15.9 Å². The second-order valence-corrected chi connectivity index (χ2v) is 10.4. The van der Waals surface area contributed by atoms with Crippen LogP contribution in [0.3, 0.4) is 0 Å². The molecule has 31 heavy (non-hydrogen) atoms. The lowest BCUT2D eigenvalue weighted by molar-refractivity contribution is 0.382. The molecule has 0 radical (unpaired) electrons. The number of rotatable bonds is 5. The Morgan fingerprint density at radius 2 is 0.903 bits per heavy atom. The van der Waals surface area contributed by atoms with E-state index in [-0.39, 0.29) is 0 Å². The first-order valence-electron chi connectivity index (χ1n) is 9.50. The van der Waals surface area contributed by atoms with Gasteiger partial charge < -0.3 is 0 Å². The molecule has 0 aromatic heterocycles. The van der Waals surface area contributed by atoms with Crippen LogP contribution in [0.15, 0.2) is 97.1 Å². The van der Waals surface area contributed by atoms with Crippen molar-refractivity contribution in [2.24, 2.45) is 0 Å². The maximum Gasteiger partial charge on any atom is 0.247 e. The van der Waals surface area contributed by atoms with Gasteiger partial charge in [0.15, 0.2) is 30.5 Å². The molecule has 0 fully saturated rings. The van der Waals surface area contributed by atoms with Crippen LogP contribution in [0.25, 0.3) is 0 Å². The topological polar surface area (TPSA) is 0 Å². The highest BCUT2D eigenvalue weighted by Crippen LogP contribution is 2.67. The number of hydrogen-bond acceptors (Lipinski definition) is 0. The van der Waals surface area contributed by atoms with E-state index in [1.807, 2.05) is 0 Å². The van der Waals surface area contributed by atoms with E-state index in [4.69, 9.17) is 0 Å². The quantitative estimate of drug-likeness (QED) is 0.149. The normalized spacial score (nSPS) is 12.5. The summed E-state index contributed by atoms with van der Waals surface area (Å²) in [5.74, 6) is -9.51. The first kappa shape index (κ1) is 21.2. The second kappa shape index (κ2) is 8.60. The number of alkyl halides is 1. The molecule has 4 rings (SSSR count). The van der Waals surface area contributed by atoms with Crippen LogP contribution >= 0.6 is 7.26 Å².